The zero-order valence-electron chi connectivity index (χ0n) is 13.0. The number of benzene rings is 2. The van der Waals surface area contributed by atoms with Crippen molar-refractivity contribution in [2.45, 2.75) is 0 Å². The van der Waals surface area contributed by atoms with Crippen LogP contribution in [0.2, 0.25) is 0 Å². The van der Waals surface area contributed by atoms with E-state index in [2.05, 4.69) is 5.32 Å². The Kier molecular flexibility index (Phi) is 4.44. The lowest BCUT2D eigenvalue weighted by molar-refractivity contribution is -0.123. The first-order chi connectivity index (χ1) is 12.0. The molecule has 0 unspecified atom stereocenters. The van der Waals surface area contributed by atoms with E-state index in [1.54, 1.807) is 24.3 Å². The Labute approximate surface area is 142 Å². The van der Waals surface area contributed by atoms with Crippen LogP contribution in [0.3, 0.4) is 0 Å². The molecule has 0 radical (unpaired) electrons. The van der Waals surface area contributed by atoms with Gasteiger partial charge in [-0.3, -0.25) is 9.59 Å². The molecule has 5 nitrogen and oxygen atoms in total. The van der Waals surface area contributed by atoms with E-state index >= 15 is 0 Å². The minimum atomic E-state index is -1.09. The van der Waals surface area contributed by atoms with Crippen molar-refractivity contribution in [1.82, 2.24) is 4.90 Å². The normalized spacial score (nSPS) is 13.7. The van der Waals surface area contributed by atoms with Crippen LogP contribution in [-0.2, 0) is 4.79 Å². The van der Waals surface area contributed by atoms with Crippen LogP contribution in [-0.4, -0.2) is 29.8 Å². The van der Waals surface area contributed by atoms with Crippen LogP contribution in [0.25, 0.3) is 0 Å². The predicted molar refractivity (Wildman–Crippen MR) is 85.5 cm³/mol. The molecule has 0 bridgehead atoms. The molecule has 1 fully saturated rings. The molecule has 1 saturated heterocycles. The highest BCUT2D eigenvalue weighted by Crippen LogP contribution is 2.21. The summed E-state index contributed by atoms with van der Waals surface area (Å²) in [4.78, 5) is 25.7. The number of halogens is 2. The summed E-state index contributed by atoms with van der Waals surface area (Å²) in [5, 5.41) is 11.5. The lowest BCUT2D eigenvalue weighted by Gasteiger charge is -2.38. The molecular weight excluding hydrogens is 328 g/mol. The summed E-state index contributed by atoms with van der Waals surface area (Å²) in [6, 6.07) is 11.4. The zero-order valence-corrected chi connectivity index (χ0v) is 13.0. The third-order valence-electron chi connectivity index (χ3n) is 3.97. The number of carbonyl (C=O) groups is 2. The monoisotopic (exact) mass is 341 g/mol. The highest BCUT2D eigenvalue weighted by atomic mass is 19.2. The van der Waals surface area contributed by atoms with Gasteiger partial charge in [-0.2, -0.15) is 5.26 Å². The van der Waals surface area contributed by atoms with Gasteiger partial charge in [0.2, 0.25) is 5.91 Å². The van der Waals surface area contributed by atoms with Crippen LogP contribution in [0.15, 0.2) is 42.5 Å². The van der Waals surface area contributed by atoms with Gasteiger partial charge >= 0.3 is 0 Å². The quantitative estimate of drug-likeness (QED) is 0.932. The summed E-state index contributed by atoms with van der Waals surface area (Å²) in [5.74, 6) is -3.20. The third kappa shape index (κ3) is 3.48. The Morgan fingerprint density at radius 1 is 1.12 bits per heavy atom. The summed E-state index contributed by atoms with van der Waals surface area (Å²) in [6.07, 6.45) is 0. The second-order valence-corrected chi connectivity index (χ2v) is 5.72. The van der Waals surface area contributed by atoms with Crippen molar-refractivity contribution in [2.24, 2.45) is 5.92 Å². The second-order valence-electron chi connectivity index (χ2n) is 5.72. The van der Waals surface area contributed by atoms with Gasteiger partial charge in [-0.1, -0.05) is 6.07 Å². The first-order valence-corrected chi connectivity index (χ1v) is 7.53. The maximum absolute atomic E-state index is 13.2. The van der Waals surface area contributed by atoms with E-state index in [0.29, 0.717) is 11.3 Å². The fraction of sp³-hybridized carbons (Fsp3) is 0.167. The van der Waals surface area contributed by atoms with Crippen molar-refractivity contribution in [3.05, 3.63) is 65.2 Å². The van der Waals surface area contributed by atoms with Crippen LogP contribution in [0, 0.1) is 28.9 Å². The number of hydrogen-bond donors (Lipinski definition) is 1. The minimum absolute atomic E-state index is 0.0412. The Morgan fingerprint density at radius 2 is 1.88 bits per heavy atom. The lowest BCUT2D eigenvalue weighted by atomic mass is 9.97. The van der Waals surface area contributed by atoms with Gasteiger partial charge in [-0.25, -0.2) is 8.78 Å². The van der Waals surface area contributed by atoms with Gasteiger partial charge in [0.05, 0.1) is 17.6 Å². The molecule has 1 heterocycles. The number of likely N-dealkylation sites (tertiary alicyclic amines) is 1. The molecule has 2 aromatic rings. The fourth-order valence-corrected chi connectivity index (χ4v) is 2.53. The molecule has 0 saturated carbocycles. The number of nitrogens with zero attached hydrogens (tertiary/aromatic N) is 2. The molecule has 2 aromatic carbocycles. The van der Waals surface area contributed by atoms with Crippen molar-refractivity contribution in [3.8, 4) is 6.07 Å². The summed E-state index contributed by atoms with van der Waals surface area (Å²) in [5.41, 5.74) is 0.982. The van der Waals surface area contributed by atoms with Gasteiger partial charge < -0.3 is 10.2 Å². The van der Waals surface area contributed by atoms with E-state index in [9.17, 15) is 18.4 Å². The Hall–Kier alpha value is -3.27. The molecule has 0 aliphatic carbocycles. The number of anilines is 1. The van der Waals surface area contributed by atoms with Crippen molar-refractivity contribution in [1.29, 1.82) is 5.26 Å². The highest BCUT2D eigenvalue weighted by Gasteiger charge is 2.36. The highest BCUT2D eigenvalue weighted by molar-refractivity contribution is 5.98. The fourth-order valence-electron chi connectivity index (χ4n) is 2.53. The Morgan fingerprint density at radius 3 is 2.56 bits per heavy atom. The van der Waals surface area contributed by atoms with E-state index in [1.807, 2.05) is 6.07 Å². The standard InChI is InChI=1S/C18H13F2N3O2/c19-15-5-4-12(7-16(15)20)18(25)23-9-13(10-23)17(24)22-14-3-1-2-11(6-14)8-21/h1-7,13H,9-10H2,(H,22,24). The van der Waals surface area contributed by atoms with Crippen molar-refractivity contribution >= 4 is 17.5 Å². The average Bonchev–Trinajstić information content (AvgIpc) is 2.56. The second kappa shape index (κ2) is 6.69. The maximum Gasteiger partial charge on any atom is 0.254 e. The van der Waals surface area contributed by atoms with Crippen LogP contribution in [0.4, 0.5) is 14.5 Å². The van der Waals surface area contributed by atoms with Gasteiger partial charge in [0, 0.05) is 24.3 Å². The van der Waals surface area contributed by atoms with Gasteiger partial charge in [0.1, 0.15) is 0 Å². The molecule has 0 aromatic heterocycles. The van der Waals surface area contributed by atoms with Gasteiger partial charge in [0.15, 0.2) is 11.6 Å². The van der Waals surface area contributed by atoms with E-state index in [0.717, 1.165) is 12.1 Å². The molecule has 3 rings (SSSR count). The van der Waals surface area contributed by atoms with Crippen molar-refractivity contribution in [2.75, 3.05) is 18.4 Å². The molecule has 0 spiro atoms. The largest absolute Gasteiger partial charge is 0.337 e. The average molecular weight is 341 g/mol. The molecule has 7 heteroatoms. The number of carbonyl (C=O) groups excluding carboxylic acids is 2. The van der Waals surface area contributed by atoms with Crippen LogP contribution < -0.4 is 5.32 Å². The number of nitriles is 1. The molecule has 0 atom stereocenters. The first kappa shape index (κ1) is 16.6. The van der Waals surface area contributed by atoms with Crippen LogP contribution in [0.5, 0.6) is 0 Å². The van der Waals surface area contributed by atoms with Crippen LogP contribution in [0.1, 0.15) is 15.9 Å². The number of amides is 2. The van der Waals surface area contributed by atoms with E-state index in [1.165, 1.54) is 11.0 Å². The first-order valence-electron chi connectivity index (χ1n) is 7.53. The van der Waals surface area contributed by atoms with Crippen LogP contribution >= 0.6 is 0 Å². The molecule has 1 aliphatic heterocycles. The van der Waals surface area contributed by atoms with E-state index in [4.69, 9.17) is 5.26 Å². The van der Waals surface area contributed by atoms with E-state index < -0.39 is 17.5 Å². The SMILES string of the molecule is N#Cc1cccc(NC(=O)C2CN(C(=O)c3ccc(F)c(F)c3)C2)c1. The molecule has 2 amide bonds. The summed E-state index contributed by atoms with van der Waals surface area (Å²) < 4.78 is 26.1. The molecule has 1 aliphatic rings. The molecule has 25 heavy (non-hydrogen) atoms. The number of rotatable bonds is 3. The molecule has 1 N–H and O–H groups in total. The van der Waals surface area contributed by atoms with Gasteiger partial charge in [-0.05, 0) is 36.4 Å². The van der Waals surface area contributed by atoms with Gasteiger partial charge in [-0.15, -0.1) is 0 Å². The minimum Gasteiger partial charge on any atom is -0.337 e. The van der Waals surface area contributed by atoms with Crippen molar-refractivity contribution < 1.29 is 18.4 Å². The lowest BCUT2D eigenvalue weighted by Crippen LogP contribution is -2.54. The molecular formula is C18H13F2N3O2. The number of hydrogen-bond acceptors (Lipinski definition) is 3. The summed E-state index contributed by atoms with van der Waals surface area (Å²) in [7, 11) is 0. The summed E-state index contributed by atoms with van der Waals surface area (Å²) in [6.45, 7) is 0.392. The Balaban J connectivity index is 1.58. The third-order valence-corrected chi connectivity index (χ3v) is 3.97. The van der Waals surface area contributed by atoms with Gasteiger partial charge in [0.25, 0.3) is 5.91 Å². The Bertz CT molecular complexity index is 886. The zero-order chi connectivity index (χ0) is 18.0. The smallest absolute Gasteiger partial charge is 0.254 e. The topological polar surface area (TPSA) is 73.2 Å². The van der Waals surface area contributed by atoms with Crippen molar-refractivity contribution in [3.63, 3.8) is 0 Å². The summed E-state index contributed by atoms with van der Waals surface area (Å²) >= 11 is 0. The molecule has 126 valence electrons. The maximum atomic E-state index is 13.2. The number of nitrogens with one attached hydrogen (secondary N) is 1. The predicted octanol–water partition coefficient (Wildman–Crippen LogP) is 2.55. The van der Waals surface area contributed by atoms with E-state index in [-0.39, 0.29) is 30.5 Å².